The number of fused-ring (bicyclic) bond motifs is 5. The lowest BCUT2D eigenvalue weighted by Gasteiger charge is -2.59. The van der Waals surface area contributed by atoms with Crippen molar-refractivity contribution in [1.82, 2.24) is 0 Å². The second-order valence-corrected chi connectivity index (χ2v) is 11.3. The number of furan rings is 1. The van der Waals surface area contributed by atoms with E-state index in [0.29, 0.717) is 0 Å². The molecule has 172 valence electrons. The Hall–Kier alpha value is -2.34. The number of hydrogen-bond donors (Lipinski definition) is 1. The van der Waals surface area contributed by atoms with Gasteiger partial charge in [-0.15, -0.1) is 0 Å². The summed E-state index contributed by atoms with van der Waals surface area (Å²) < 4.78 is 17.4. The molecule has 7 atom stereocenters. The van der Waals surface area contributed by atoms with Crippen molar-refractivity contribution in [2.24, 2.45) is 28.1 Å². The van der Waals surface area contributed by atoms with E-state index in [1.54, 1.807) is 18.6 Å². The van der Waals surface area contributed by atoms with E-state index in [1.165, 1.54) is 0 Å². The lowest BCUT2D eigenvalue weighted by atomic mass is 9.46. The molecule has 3 heterocycles. The summed E-state index contributed by atoms with van der Waals surface area (Å²) in [6, 6.07) is 1.82. The number of rotatable bonds is 1. The summed E-state index contributed by atoms with van der Waals surface area (Å²) in [6.45, 7) is 10.3. The summed E-state index contributed by atoms with van der Waals surface area (Å²) in [6.07, 6.45) is 9.39. The Labute approximate surface area is 188 Å². The molecule has 0 spiro atoms. The number of hydrogen-bond acceptors (Lipinski definition) is 6. The van der Waals surface area contributed by atoms with Crippen LogP contribution in [0.4, 0.5) is 0 Å². The van der Waals surface area contributed by atoms with Gasteiger partial charge in [0.2, 0.25) is 0 Å². The maximum Gasteiger partial charge on any atom is 0.331 e. The highest BCUT2D eigenvalue weighted by Crippen LogP contribution is 2.66. The zero-order valence-corrected chi connectivity index (χ0v) is 19.4. The molecule has 6 heteroatoms. The molecule has 0 radical (unpaired) electrons. The zero-order valence-electron chi connectivity index (χ0n) is 19.4. The number of ether oxygens (including phenoxy) is 2. The Bertz CT molecular complexity index is 1020. The number of esters is 2. The lowest BCUT2D eigenvalue weighted by molar-refractivity contribution is -0.175. The Balaban J connectivity index is 1.67. The quantitative estimate of drug-likeness (QED) is 0.511. The number of cyclic esters (lactones) is 1. The average molecular weight is 441 g/mol. The van der Waals surface area contributed by atoms with E-state index < -0.39 is 34.6 Å². The topological polar surface area (TPSA) is 86.0 Å². The van der Waals surface area contributed by atoms with Crippen LogP contribution in [0.15, 0.2) is 46.8 Å². The number of carbonyl (C=O) groups excluding carboxylic acids is 2. The first-order valence-corrected chi connectivity index (χ1v) is 11.5. The van der Waals surface area contributed by atoms with Gasteiger partial charge in [-0.1, -0.05) is 39.8 Å². The number of carbonyl (C=O) groups is 2. The highest BCUT2D eigenvalue weighted by atomic mass is 16.6. The van der Waals surface area contributed by atoms with Crippen molar-refractivity contribution in [3.05, 3.63) is 48.0 Å². The normalized spacial score (nSPS) is 44.9. The molecular weight excluding hydrogens is 408 g/mol. The van der Waals surface area contributed by atoms with Crippen LogP contribution in [0.2, 0.25) is 0 Å². The van der Waals surface area contributed by atoms with Gasteiger partial charge in [0.15, 0.2) is 0 Å². The molecule has 6 nitrogen and oxygen atoms in total. The summed E-state index contributed by atoms with van der Waals surface area (Å²) in [5.41, 5.74) is -0.716. The van der Waals surface area contributed by atoms with Crippen LogP contribution < -0.4 is 0 Å². The van der Waals surface area contributed by atoms with E-state index >= 15 is 0 Å². The third kappa shape index (κ3) is 2.68. The number of allylic oxidation sites excluding steroid dienone is 1. The van der Waals surface area contributed by atoms with Crippen LogP contribution in [0.1, 0.15) is 65.5 Å². The van der Waals surface area contributed by atoms with Gasteiger partial charge in [0.1, 0.15) is 11.7 Å². The monoisotopic (exact) mass is 440 g/mol. The van der Waals surface area contributed by atoms with Crippen LogP contribution >= 0.6 is 0 Å². The van der Waals surface area contributed by atoms with Crippen molar-refractivity contribution in [1.29, 1.82) is 0 Å². The smallest absolute Gasteiger partial charge is 0.331 e. The van der Waals surface area contributed by atoms with Gasteiger partial charge in [-0.3, -0.25) is 4.79 Å². The fraction of sp³-hybridized carbons (Fsp3) is 0.615. The fourth-order valence-electron chi connectivity index (χ4n) is 7.44. The largest absolute Gasteiger partial charge is 0.472 e. The summed E-state index contributed by atoms with van der Waals surface area (Å²) in [5.74, 6) is -0.836. The average Bonchev–Trinajstić information content (AvgIpc) is 3.21. The van der Waals surface area contributed by atoms with Gasteiger partial charge in [0, 0.05) is 29.4 Å². The Kier molecular flexibility index (Phi) is 4.43. The molecule has 1 aromatic rings. The van der Waals surface area contributed by atoms with Gasteiger partial charge < -0.3 is 19.0 Å². The fourth-order valence-corrected chi connectivity index (χ4v) is 7.44. The highest BCUT2D eigenvalue weighted by Gasteiger charge is 2.66. The molecule has 2 aliphatic carbocycles. The lowest BCUT2D eigenvalue weighted by Crippen LogP contribution is -2.59. The van der Waals surface area contributed by atoms with E-state index in [0.717, 1.165) is 24.0 Å². The van der Waals surface area contributed by atoms with E-state index in [4.69, 9.17) is 13.9 Å². The van der Waals surface area contributed by atoms with Gasteiger partial charge >= 0.3 is 11.9 Å². The van der Waals surface area contributed by atoms with Crippen molar-refractivity contribution in [2.75, 3.05) is 0 Å². The molecule has 0 aromatic carbocycles. The highest BCUT2D eigenvalue weighted by molar-refractivity contribution is 5.85. The van der Waals surface area contributed by atoms with Crippen LogP contribution in [-0.4, -0.2) is 28.8 Å². The molecule has 4 aliphatic rings. The van der Waals surface area contributed by atoms with Crippen LogP contribution in [0.25, 0.3) is 0 Å². The molecule has 1 saturated heterocycles. The van der Waals surface area contributed by atoms with E-state index in [9.17, 15) is 14.7 Å². The van der Waals surface area contributed by atoms with Crippen molar-refractivity contribution in [3.63, 3.8) is 0 Å². The minimum Gasteiger partial charge on any atom is -0.472 e. The summed E-state index contributed by atoms with van der Waals surface area (Å²) in [5, 5.41) is 10.7. The molecule has 1 aromatic heterocycles. The maximum absolute atomic E-state index is 13.2. The Morgan fingerprint density at radius 2 is 1.84 bits per heavy atom. The minimum atomic E-state index is -0.961. The van der Waals surface area contributed by atoms with Crippen molar-refractivity contribution >= 4 is 11.9 Å². The van der Waals surface area contributed by atoms with Crippen LogP contribution in [0, 0.1) is 28.1 Å². The zero-order chi connectivity index (χ0) is 23.1. The van der Waals surface area contributed by atoms with Gasteiger partial charge in [-0.25, -0.2) is 4.79 Å². The maximum atomic E-state index is 13.2. The molecule has 1 saturated carbocycles. The second-order valence-electron chi connectivity index (χ2n) is 11.3. The standard InChI is InChI=1S/C26H32O6/c1-23(2)17-12-21(29)32-26(5)16(24(17,3)10-7-19(23)27)6-9-25(4)18(26)13-20(28)31-22(25)15-8-11-30-14-15/h7-8,10-11,13-14,16-17,19,22,27H,6,9,12H2,1-5H3/t16?,17?,19?,22?,24-,25-,26-/m1/s1. The van der Waals surface area contributed by atoms with Crippen LogP contribution in [-0.2, 0) is 19.1 Å². The molecular formula is C26H32O6. The first kappa shape index (κ1) is 21.5. The number of aliphatic hydroxyl groups excluding tert-OH is 1. The molecule has 1 N–H and O–H groups in total. The molecule has 0 bridgehead atoms. The summed E-state index contributed by atoms with van der Waals surface area (Å²) in [7, 11) is 0. The third-order valence-corrected chi connectivity index (χ3v) is 9.18. The van der Waals surface area contributed by atoms with Gasteiger partial charge in [-0.05, 0) is 48.2 Å². The van der Waals surface area contributed by atoms with Crippen molar-refractivity contribution in [2.45, 2.75) is 71.7 Å². The van der Waals surface area contributed by atoms with Gasteiger partial charge in [0.25, 0.3) is 0 Å². The summed E-state index contributed by atoms with van der Waals surface area (Å²) >= 11 is 0. The first-order valence-electron chi connectivity index (χ1n) is 11.5. The van der Waals surface area contributed by atoms with E-state index in [2.05, 4.69) is 19.9 Å². The Morgan fingerprint density at radius 1 is 1.09 bits per heavy atom. The third-order valence-electron chi connectivity index (χ3n) is 9.18. The molecule has 0 amide bonds. The van der Waals surface area contributed by atoms with E-state index in [1.807, 2.05) is 32.9 Å². The number of aliphatic hydroxyl groups is 1. The van der Waals surface area contributed by atoms with Crippen LogP contribution in [0.5, 0.6) is 0 Å². The molecule has 2 fully saturated rings. The van der Waals surface area contributed by atoms with Gasteiger partial charge in [-0.2, -0.15) is 0 Å². The summed E-state index contributed by atoms with van der Waals surface area (Å²) in [4.78, 5) is 26.0. The molecule has 5 rings (SSSR count). The van der Waals surface area contributed by atoms with E-state index in [-0.39, 0.29) is 29.6 Å². The predicted octanol–water partition coefficient (Wildman–Crippen LogP) is 4.51. The SMILES string of the molecule is CC1(C)C(O)C=C[C@@]2(C)C1CC(=O)O[C@@]1(C)C3=CC(=O)OC(c4ccoc4)[C@]3(C)CCC21. The predicted molar refractivity (Wildman–Crippen MR) is 116 cm³/mol. The first-order chi connectivity index (χ1) is 14.9. The van der Waals surface area contributed by atoms with Crippen molar-refractivity contribution < 1.29 is 28.6 Å². The second kappa shape index (κ2) is 6.60. The van der Waals surface area contributed by atoms with Crippen LogP contribution in [0.3, 0.4) is 0 Å². The Morgan fingerprint density at radius 3 is 2.53 bits per heavy atom. The minimum absolute atomic E-state index is 0.0373. The van der Waals surface area contributed by atoms with Crippen molar-refractivity contribution in [3.8, 4) is 0 Å². The molecule has 4 unspecified atom stereocenters. The van der Waals surface area contributed by atoms with Gasteiger partial charge in [0.05, 0.1) is 18.6 Å². The molecule has 2 aliphatic heterocycles. The molecule has 32 heavy (non-hydrogen) atoms.